The molecule has 0 aliphatic carbocycles. The standard InChI is InChI=1S/C22H46O.C2H2O/c1-2-3-4-5-6-7-8-9-10-11-12-13-14-15-16-17-18-19-20-21-22-23;1-2-3/h23H,2-22H2,1H3;1H2. The van der Waals surface area contributed by atoms with Gasteiger partial charge in [0.15, 0.2) is 0 Å². The third-order valence-electron chi connectivity index (χ3n) is 5.01. The fourth-order valence-corrected chi connectivity index (χ4v) is 3.37. The Kier molecular flexibility index (Phi) is 31.0. The van der Waals surface area contributed by atoms with Crippen LogP contribution in [-0.4, -0.2) is 17.7 Å². The predicted molar refractivity (Wildman–Crippen MR) is 116 cm³/mol. The van der Waals surface area contributed by atoms with Gasteiger partial charge in [-0.2, -0.15) is 0 Å². The van der Waals surface area contributed by atoms with E-state index in [4.69, 9.17) is 9.90 Å². The lowest BCUT2D eigenvalue weighted by atomic mass is 10.0. The number of aliphatic hydroxyl groups excluding tert-OH is 1. The van der Waals surface area contributed by atoms with Crippen molar-refractivity contribution in [3.63, 3.8) is 0 Å². The summed E-state index contributed by atoms with van der Waals surface area (Å²) in [5.74, 6) is 1.25. The maximum Gasteiger partial charge on any atom is 0.116 e. The van der Waals surface area contributed by atoms with Crippen molar-refractivity contribution in [2.75, 3.05) is 6.61 Å². The summed E-state index contributed by atoms with van der Waals surface area (Å²) in [4.78, 5) is 8.57. The van der Waals surface area contributed by atoms with E-state index < -0.39 is 0 Å². The number of unbranched alkanes of at least 4 members (excludes halogenated alkanes) is 19. The van der Waals surface area contributed by atoms with Gasteiger partial charge in [-0.15, -0.1) is 0 Å². The van der Waals surface area contributed by atoms with E-state index in [0.29, 0.717) is 6.61 Å². The molecule has 0 fully saturated rings. The van der Waals surface area contributed by atoms with Gasteiger partial charge in [-0.05, 0) is 13.0 Å². The molecular weight excluding hydrogens is 320 g/mol. The highest BCUT2D eigenvalue weighted by molar-refractivity contribution is 5.38. The monoisotopic (exact) mass is 368 g/mol. The van der Waals surface area contributed by atoms with Crippen LogP contribution in [0.3, 0.4) is 0 Å². The Bertz CT molecular complexity index is 237. The normalized spacial score (nSPS) is 10.2. The van der Waals surface area contributed by atoms with Gasteiger partial charge in [0.05, 0.1) is 0 Å². The molecule has 2 nitrogen and oxygen atoms in total. The largest absolute Gasteiger partial charge is 0.396 e. The first-order valence-corrected chi connectivity index (χ1v) is 11.6. The van der Waals surface area contributed by atoms with Crippen molar-refractivity contribution < 1.29 is 9.90 Å². The minimum Gasteiger partial charge on any atom is -0.396 e. The van der Waals surface area contributed by atoms with Crippen LogP contribution in [0.2, 0.25) is 0 Å². The maximum absolute atomic E-state index is 8.71. The van der Waals surface area contributed by atoms with Crippen molar-refractivity contribution in [2.45, 2.75) is 135 Å². The Labute approximate surface area is 164 Å². The molecule has 0 saturated carbocycles. The van der Waals surface area contributed by atoms with Gasteiger partial charge in [0, 0.05) is 6.61 Å². The molecule has 156 valence electrons. The van der Waals surface area contributed by atoms with Crippen LogP contribution in [0.4, 0.5) is 0 Å². The summed E-state index contributed by atoms with van der Waals surface area (Å²) in [6.45, 7) is 5.35. The summed E-state index contributed by atoms with van der Waals surface area (Å²) >= 11 is 0. The van der Waals surface area contributed by atoms with Gasteiger partial charge >= 0.3 is 0 Å². The highest BCUT2D eigenvalue weighted by atomic mass is 16.2. The average Bonchev–Trinajstić information content (AvgIpc) is 2.64. The van der Waals surface area contributed by atoms with Crippen molar-refractivity contribution in [3.8, 4) is 0 Å². The van der Waals surface area contributed by atoms with E-state index in [0.717, 1.165) is 6.42 Å². The highest BCUT2D eigenvalue weighted by Gasteiger charge is 1.95. The molecule has 0 aromatic heterocycles. The first kappa shape index (κ1) is 27.6. The summed E-state index contributed by atoms with van der Waals surface area (Å²) in [7, 11) is 0. The molecule has 0 aromatic rings. The van der Waals surface area contributed by atoms with Gasteiger partial charge in [-0.3, -0.25) is 0 Å². The SMILES string of the molecule is C=C=O.CCCCCCCCCCCCCCCCCCCCCCO. The minimum absolute atomic E-state index is 0.374. The third kappa shape index (κ3) is 31.2. The third-order valence-corrected chi connectivity index (χ3v) is 5.01. The van der Waals surface area contributed by atoms with Crippen molar-refractivity contribution in [2.24, 2.45) is 0 Å². The first-order valence-electron chi connectivity index (χ1n) is 11.6. The molecule has 0 aliphatic rings. The van der Waals surface area contributed by atoms with Crippen molar-refractivity contribution in [1.82, 2.24) is 0 Å². The second-order valence-corrected chi connectivity index (χ2v) is 7.59. The van der Waals surface area contributed by atoms with Gasteiger partial charge in [0.25, 0.3) is 0 Å². The van der Waals surface area contributed by atoms with E-state index in [1.165, 1.54) is 128 Å². The van der Waals surface area contributed by atoms with E-state index in [2.05, 4.69) is 13.5 Å². The molecule has 26 heavy (non-hydrogen) atoms. The molecule has 0 rings (SSSR count). The van der Waals surface area contributed by atoms with E-state index in [1.807, 2.05) is 0 Å². The lowest BCUT2D eigenvalue weighted by Gasteiger charge is -2.03. The Morgan fingerprint density at radius 2 is 0.731 bits per heavy atom. The zero-order valence-electron chi connectivity index (χ0n) is 17.9. The molecular formula is C24H48O2. The molecule has 0 saturated heterocycles. The molecule has 0 radical (unpaired) electrons. The molecule has 0 bridgehead atoms. The van der Waals surface area contributed by atoms with Crippen LogP contribution < -0.4 is 0 Å². The van der Waals surface area contributed by atoms with Crippen molar-refractivity contribution >= 4 is 5.94 Å². The van der Waals surface area contributed by atoms with Gasteiger partial charge in [0.2, 0.25) is 0 Å². The van der Waals surface area contributed by atoms with Crippen LogP contribution in [0, 0.1) is 0 Å². The molecule has 0 unspecified atom stereocenters. The van der Waals surface area contributed by atoms with Gasteiger partial charge < -0.3 is 5.11 Å². The highest BCUT2D eigenvalue weighted by Crippen LogP contribution is 2.14. The summed E-state index contributed by atoms with van der Waals surface area (Å²) in [5, 5.41) is 8.71. The van der Waals surface area contributed by atoms with Gasteiger partial charge in [-0.25, -0.2) is 4.79 Å². The van der Waals surface area contributed by atoms with E-state index >= 15 is 0 Å². The van der Waals surface area contributed by atoms with Crippen molar-refractivity contribution in [3.05, 3.63) is 6.58 Å². The fraction of sp³-hybridized carbons (Fsp3) is 0.917. The van der Waals surface area contributed by atoms with Crippen LogP contribution in [0.25, 0.3) is 0 Å². The topological polar surface area (TPSA) is 37.3 Å². The number of carbonyl (C=O) groups excluding carboxylic acids is 1. The smallest absolute Gasteiger partial charge is 0.116 e. The van der Waals surface area contributed by atoms with E-state index in [1.54, 1.807) is 0 Å². The van der Waals surface area contributed by atoms with Crippen LogP contribution >= 0.6 is 0 Å². The Morgan fingerprint density at radius 3 is 0.923 bits per heavy atom. The molecule has 1 N–H and O–H groups in total. The summed E-state index contributed by atoms with van der Waals surface area (Å²) in [6.07, 6.45) is 28.1. The van der Waals surface area contributed by atoms with Crippen molar-refractivity contribution in [1.29, 1.82) is 0 Å². The Morgan fingerprint density at radius 1 is 0.538 bits per heavy atom. The molecule has 0 atom stereocenters. The van der Waals surface area contributed by atoms with Crippen LogP contribution in [-0.2, 0) is 4.79 Å². The second kappa shape index (κ2) is 29.2. The quantitative estimate of drug-likeness (QED) is 0.176. The fourth-order valence-electron chi connectivity index (χ4n) is 3.37. The number of hydrogen-bond donors (Lipinski definition) is 1. The number of hydrogen-bond acceptors (Lipinski definition) is 2. The lowest BCUT2D eigenvalue weighted by molar-refractivity contribution is 0.282. The second-order valence-electron chi connectivity index (χ2n) is 7.59. The van der Waals surface area contributed by atoms with Crippen LogP contribution in [0.1, 0.15) is 135 Å². The average molecular weight is 369 g/mol. The van der Waals surface area contributed by atoms with Crippen LogP contribution in [0.5, 0.6) is 0 Å². The summed E-state index contributed by atoms with van der Waals surface area (Å²) in [6, 6.07) is 0. The zero-order valence-corrected chi connectivity index (χ0v) is 17.9. The molecule has 2 heteroatoms. The number of rotatable bonds is 20. The molecule has 0 aromatic carbocycles. The van der Waals surface area contributed by atoms with Crippen LogP contribution in [0.15, 0.2) is 6.58 Å². The molecule has 0 aliphatic heterocycles. The van der Waals surface area contributed by atoms with E-state index in [9.17, 15) is 0 Å². The molecule has 0 amide bonds. The lowest BCUT2D eigenvalue weighted by Crippen LogP contribution is -1.85. The number of aliphatic hydroxyl groups is 1. The van der Waals surface area contributed by atoms with Gasteiger partial charge in [-0.1, -0.05) is 129 Å². The van der Waals surface area contributed by atoms with E-state index in [-0.39, 0.29) is 0 Å². The predicted octanol–water partition coefficient (Wildman–Crippen LogP) is 7.80. The molecule has 0 heterocycles. The first-order chi connectivity index (χ1) is 12.8. The summed E-state index contributed by atoms with van der Waals surface area (Å²) in [5.41, 5.74) is 0. The minimum atomic E-state index is 0.374. The summed E-state index contributed by atoms with van der Waals surface area (Å²) < 4.78 is 0. The zero-order chi connectivity index (χ0) is 19.6. The maximum atomic E-state index is 8.71. The van der Waals surface area contributed by atoms with Gasteiger partial charge in [0.1, 0.15) is 5.94 Å². The Balaban J connectivity index is 0. The molecule has 0 spiro atoms. The Hall–Kier alpha value is -0.590.